The monoisotopic (exact) mass is 187 g/mol. The van der Waals surface area contributed by atoms with E-state index >= 15 is 0 Å². The fourth-order valence-electron chi connectivity index (χ4n) is 1.07. The summed E-state index contributed by atoms with van der Waals surface area (Å²) >= 11 is 0. The number of nitrogens with one attached hydrogen (secondary N) is 1. The Bertz CT molecular complexity index is 144. The highest BCUT2D eigenvalue weighted by Crippen LogP contribution is 1.98. The third kappa shape index (κ3) is 9.34. The molecule has 1 unspecified atom stereocenters. The number of carbonyl (C=O) groups excluding carboxylic acids is 1. The van der Waals surface area contributed by atoms with Gasteiger partial charge >= 0.3 is 0 Å². The van der Waals surface area contributed by atoms with Gasteiger partial charge in [0.2, 0.25) is 5.91 Å². The largest absolute Gasteiger partial charge is 0.393 e. The predicted octanol–water partition coefficient (Wildman–Crippen LogP) is 1.31. The molecule has 0 saturated heterocycles. The van der Waals surface area contributed by atoms with Crippen molar-refractivity contribution in [3.63, 3.8) is 0 Å². The van der Waals surface area contributed by atoms with Crippen molar-refractivity contribution in [3.05, 3.63) is 0 Å². The van der Waals surface area contributed by atoms with Gasteiger partial charge in [-0.2, -0.15) is 0 Å². The van der Waals surface area contributed by atoms with E-state index in [2.05, 4.69) is 5.32 Å². The van der Waals surface area contributed by atoms with Gasteiger partial charge in [0.05, 0.1) is 6.10 Å². The smallest absolute Gasteiger partial charge is 0.220 e. The molecule has 0 rings (SSSR count). The lowest BCUT2D eigenvalue weighted by Gasteiger charge is -2.07. The molecule has 0 aromatic carbocycles. The second-order valence-corrected chi connectivity index (χ2v) is 3.94. The lowest BCUT2D eigenvalue weighted by Crippen LogP contribution is -2.25. The van der Waals surface area contributed by atoms with Crippen LogP contribution in [-0.4, -0.2) is 23.7 Å². The molecule has 1 amide bonds. The molecule has 1 atom stereocenters. The summed E-state index contributed by atoms with van der Waals surface area (Å²) in [5.74, 6) is 0.525. The van der Waals surface area contributed by atoms with Crippen LogP contribution >= 0.6 is 0 Å². The van der Waals surface area contributed by atoms with Crippen molar-refractivity contribution in [1.29, 1.82) is 0 Å². The molecule has 0 fully saturated rings. The van der Waals surface area contributed by atoms with E-state index in [0.29, 0.717) is 18.9 Å². The van der Waals surface area contributed by atoms with E-state index in [1.54, 1.807) is 6.92 Å². The van der Waals surface area contributed by atoms with Crippen LogP contribution in [0, 0.1) is 5.92 Å². The fourth-order valence-corrected chi connectivity index (χ4v) is 1.07. The molecule has 3 heteroatoms. The first-order valence-electron chi connectivity index (χ1n) is 4.97. The molecule has 0 spiro atoms. The van der Waals surface area contributed by atoms with Gasteiger partial charge in [-0.3, -0.25) is 4.79 Å². The van der Waals surface area contributed by atoms with E-state index < -0.39 is 0 Å². The van der Waals surface area contributed by atoms with Crippen LogP contribution in [0.5, 0.6) is 0 Å². The first-order chi connectivity index (χ1) is 6.02. The lowest BCUT2D eigenvalue weighted by atomic mass is 10.1. The Labute approximate surface area is 80.5 Å². The molecule has 0 bridgehead atoms. The summed E-state index contributed by atoms with van der Waals surface area (Å²) in [6.45, 7) is 6.48. The van der Waals surface area contributed by atoms with Crippen molar-refractivity contribution in [2.75, 3.05) is 6.54 Å². The number of amides is 1. The van der Waals surface area contributed by atoms with Gasteiger partial charge in [0.15, 0.2) is 0 Å². The molecule has 0 aliphatic heterocycles. The highest BCUT2D eigenvalue weighted by atomic mass is 16.3. The van der Waals surface area contributed by atoms with Gasteiger partial charge in [-0.05, 0) is 25.7 Å². The van der Waals surface area contributed by atoms with E-state index in [0.717, 1.165) is 12.8 Å². The average molecular weight is 187 g/mol. The van der Waals surface area contributed by atoms with Crippen molar-refractivity contribution < 1.29 is 9.90 Å². The van der Waals surface area contributed by atoms with E-state index in [9.17, 15) is 4.79 Å². The zero-order chi connectivity index (χ0) is 10.3. The van der Waals surface area contributed by atoms with Crippen LogP contribution in [0.2, 0.25) is 0 Å². The van der Waals surface area contributed by atoms with Gasteiger partial charge in [0, 0.05) is 13.0 Å². The number of rotatable bonds is 6. The minimum atomic E-state index is -0.262. The van der Waals surface area contributed by atoms with Crippen LogP contribution in [0.4, 0.5) is 0 Å². The van der Waals surface area contributed by atoms with E-state index in [1.807, 2.05) is 13.8 Å². The van der Waals surface area contributed by atoms with Gasteiger partial charge in [-0.25, -0.2) is 0 Å². The summed E-state index contributed by atoms with van der Waals surface area (Å²) in [6, 6.07) is 0. The molecule has 3 nitrogen and oxygen atoms in total. The predicted molar refractivity (Wildman–Crippen MR) is 53.4 cm³/mol. The fraction of sp³-hybridized carbons (Fsp3) is 0.900. The average Bonchev–Trinajstić information content (AvgIpc) is 1.96. The third-order valence-corrected chi connectivity index (χ3v) is 1.71. The SMILES string of the molecule is CC(C)CC(=O)NCCCC(C)O. The van der Waals surface area contributed by atoms with Crippen molar-refractivity contribution >= 4 is 5.91 Å². The quantitative estimate of drug-likeness (QED) is 0.616. The molecular formula is C10H21NO2. The van der Waals surface area contributed by atoms with Crippen molar-refractivity contribution in [1.82, 2.24) is 5.32 Å². The molecule has 13 heavy (non-hydrogen) atoms. The Hall–Kier alpha value is -0.570. The highest BCUT2D eigenvalue weighted by Gasteiger charge is 2.03. The Morgan fingerprint density at radius 2 is 2.00 bits per heavy atom. The van der Waals surface area contributed by atoms with Crippen molar-refractivity contribution in [2.24, 2.45) is 5.92 Å². The van der Waals surface area contributed by atoms with Crippen LogP contribution in [0.15, 0.2) is 0 Å². The van der Waals surface area contributed by atoms with Gasteiger partial charge in [0.25, 0.3) is 0 Å². The Morgan fingerprint density at radius 3 is 2.46 bits per heavy atom. The zero-order valence-electron chi connectivity index (χ0n) is 8.84. The molecule has 0 heterocycles. The van der Waals surface area contributed by atoms with E-state index in [-0.39, 0.29) is 12.0 Å². The topological polar surface area (TPSA) is 49.3 Å². The molecule has 0 aliphatic rings. The summed E-state index contributed by atoms with van der Waals surface area (Å²) < 4.78 is 0. The summed E-state index contributed by atoms with van der Waals surface area (Å²) in [5, 5.41) is 11.8. The molecular weight excluding hydrogens is 166 g/mol. The molecule has 2 N–H and O–H groups in total. The molecule has 0 radical (unpaired) electrons. The van der Waals surface area contributed by atoms with Gasteiger partial charge in [-0.15, -0.1) is 0 Å². The second-order valence-electron chi connectivity index (χ2n) is 3.94. The number of carbonyl (C=O) groups is 1. The van der Waals surface area contributed by atoms with Gasteiger partial charge in [0.1, 0.15) is 0 Å². The second kappa shape index (κ2) is 6.89. The number of hydrogen-bond donors (Lipinski definition) is 2. The maximum absolute atomic E-state index is 11.1. The number of aliphatic hydroxyl groups is 1. The van der Waals surface area contributed by atoms with Crippen LogP contribution in [0.1, 0.15) is 40.0 Å². The summed E-state index contributed by atoms with van der Waals surface area (Å²) in [6.07, 6.45) is 1.93. The Kier molecular flexibility index (Phi) is 6.59. The van der Waals surface area contributed by atoms with Crippen molar-refractivity contribution in [3.8, 4) is 0 Å². The Morgan fingerprint density at radius 1 is 1.38 bits per heavy atom. The first-order valence-corrected chi connectivity index (χ1v) is 4.97. The van der Waals surface area contributed by atoms with E-state index in [1.165, 1.54) is 0 Å². The molecule has 0 aliphatic carbocycles. The maximum Gasteiger partial charge on any atom is 0.220 e. The number of hydrogen-bond acceptors (Lipinski definition) is 2. The van der Waals surface area contributed by atoms with Crippen molar-refractivity contribution in [2.45, 2.75) is 46.1 Å². The Balaban J connectivity index is 3.27. The third-order valence-electron chi connectivity index (χ3n) is 1.71. The normalized spacial score (nSPS) is 13.0. The first kappa shape index (κ1) is 12.4. The standard InChI is InChI=1S/C10H21NO2/c1-8(2)7-10(13)11-6-4-5-9(3)12/h8-9,12H,4-7H2,1-3H3,(H,11,13). The van der Waals surface area contributed by atoms with Crippen LogP contribution in [-0.2, 0) is 4.79 Å². The van der Waals surface area contributed by atoms with Crippen LogP contribution in [0.25, 0.3) is 0 Å². The minimum absolute atomic E-state index is 0.112. The maximum atomic E-state index is 11.1. The van der Waals surface area contributed by atoms with Gasteiger partial charge in [-0.1, -0.05) is 13.8 Å². The summed E-state index contributed by atoms with van der Waals surface area (Å²) in [5.41, 5.74) is 0. The summed E-state index contributed by atoms with van der Waals surface area (Å²) in [7, 11) is 0. The molecule has 0 aromatic rings. The lowest BCUT2D eigenvalue weighted by molar-refractivity contribution is -0.121. The summed E-state index contributed by atoms with van der Waals surface area (Å²) in [4.78, 5) is 11.1. The minimum Gasteiger partial charge on any atom is -0.393 e. The van der Waals surface area contributed by atoms with Crippen LogP contribution in [0.3, 0.4) is 0 Å². The van der Waals surface area contributed by atoms with Crippen LogP contribution < -0.4 is 5.32 Å². The molecule has 78 valence electrons. The van der Waals surface area contributed by atoms with Gasteiger partial charge < -0.3 is 10.4 Å². The number of aliphatic hydroxyl groups excluding tert-OH is 1. The zero-order valence-corrected chi connectivity index (χ0v) is 8.84. The highest BCUT2D eigenvalue weighted by molar-refractivity contribution is 5.75. The molecule has 0 aromatic heterocycles. The molecule has 0 saturated carbocycles. The van der Waals surface area contributed by atoms with E-state index in [4.69, 9.17) is 5.11 Å².